The van der Waals surface area contributed by atoms with Gasteiger partial charge in [0.1, 0.15) is 12.6 Å². The van der Waals surface area contributed by atoms with Crippen LogP contribution in [-0.2, 0) is 38.8 Å². The molecule has 0 saturated heterocycles. The minimum absolute atomic E-state index is 0.0947. The Balaban J connectivity index is 2.10. The van der Waals surface area contributed by atoms with E-state index in [4.69, 9.17) is 11.6 Å². The maximum atomic E-state index is 14.0. The Hall–Kier alpha value is -3.57. The lowest BCUT2D eigenvalue weighted by Gasteiger charge is -2.35. The maximum absolute atomic E-state index is 14.0. The zero-order valence-corrected chi connectivity index (χ0v) is 25.2. The van der Waals surface area contributed by atoms with Crippen LogP contribution in [0.15, 0.2) is 78.9 Å². The second-order valence-electron chi connectivity index (χ2n) is 10.9. The van der Waals surface area contributed by atoms with Gasteiger partial charge < -0.3 is 10.2 Å². The molecule has 0 bridgehead atoms. The van der Waals surface area contributed by atoms with E-state index in [-0.39, 0.29) is 18.7 Å². The lowest BCUT2D eigenvalue weighted by Crippen LogP contribution is -2.56. The van der Waals surface area contributed by atoms with Crippen LogP contribution in [0.4, 0.5) is 18.9 Å². The summed E-state index contributed by atoms with van der Waals surface area (Å²) in [5.74, 6) is -1.27. The first-order valence-corrected chi connectivity index (χ1v) is 15.2. The summed E-state index contributed by atoms with van der Waals surface area (Å²) < 4.78 is 66.5. The molecule has 0 aliphatic carbocycles. The summed E-state index contributed by atoms with van der Waals surface area (Å²) in [6, 6.07) is 18.2. The Morgan fingerprint density at radius 1 is 0.905 bits per heavy atom. The number of carbonyl (C=O) groups is 2. The van der Waals surface area contributed by atoms with Crippen LogP contribution in [0.2, 0.25) is 5.02 Å². The van der Waals surface area contributed by atoms with Crippen LogP contribution in [0.3, 0.4) is 0 Å². The molecule has 7 nitrogen and oxygen atoms in total. The zero-order chi connectivity index (χ0) is 31.3. The van der Waals surface area contributed by atoms with Gasteiger partial charge in [0.25, 0.3) is 0 Å². The van der Waals surface area contributed by atoms with E-state index >= 15 is 0 Å². The molecule has 2 amide bonds. The summed E-state index contributed by atoms with van der Waals surface area (Å²) in [6.07, 6.45) is -3.83. The van der Waals surface area contributed by atoms with E-state index in [9.17, 15) is 31.2 Å². The largest absolute Gasteiger partial charge is 0.416 e. The number of amides is 2. The fourth-order valence-corrected chi connectivity index (χ4v) is 5.34. The van der Waals surface area contributed by atoms with Gasteiger partial charge in [0, 0.05) is 23.5 Å². The third kappa shape index (κ3) is 9.49. The van der Waals surface area contributed by atoms with Gasteiger partial charge in [-0.15, -0.1) is 0 Å². The van der Waals surface area contributed by atoms with Gasteiger partial charge in [-0.1, -0.05) is 60.1 Å². The minimum atomic E-state index is -4.73. The Morgan fingerprint density at radius 3 is 2.10 bits per heavy atom. The molecule has 3 aromatic carbocycles. The molecule has 0 fully saturated rings. The highest BCUT2D eigenvalue weighted by Gasteiger charge is 2.35. The summed E-state index contributed by atoms with van der Waals surface area (Å²) in [4.78, 5) is 29.0. The first kappa shape index (κ1) is 32.9. The number of hydrogen-bond acceptors (Lipinski definition) is 4. The van der Waals surface area contributed by atoms with Crippen molar-refractivity contribution in [2.75, 3.05) is 17.1 Å². The van der Waals surface area contributed by atoms with Gasteiger partial charge in [-0.05, 0) is 62.2 Å². The lowest BCUT2D eigenvalue weighted by molar-refractivity contribution is -0.140. The van der Waals surface area contributed by atoms with Crippen molar-refractivity contribution in [3.63, 3.8) is 0 Å². The molecule has 0 aromatic heterocycles. The molecule has 3 aromatic rings. The van der Waals surface area contributed by atoms with Crippen molar-refractivity contribution in [1.29, 1.82) is 0 Å². The standard InChI is InChI=1S/C30H33ClF3N3O4S/c1-29(2,3)35-28(39)26(17-21-10-6-5-7-11-21)36(19-22-12-8-14-24(31)16-22)27(38)20-37(42(4,40)41)25-15-9-13-23(18-25)30(32,33)34/h5-16,18,26H,17,19-20H2,1-4H3,(H,35,39)/t26-/m0/s1. The van der Waals surface area contributed by atoms with Gasteiger partial charge in [0.05, 0.1) is 17.5 Å². The van der Waals surface area contributed by atoms with Crippen LogP contribution in [-0.4, -0.2) is 49.5 Å². The van der Waals surface area contributed by atoms with Crippen molar-refractivity contribution in [2.45, 2.75) is 51.5 Å². The molecule has 226 valence electrons. The summed E-state index contributed by atoms with van der Waals surface area (Å²) in [5, 5.41) is 3.28. The van der Waals surface area contributed by atoms with Crippen molar-refractivity contribution in [1.82, 2.24) is 10.2 Å². The fourth-order valence-electron chi connectivity index (χ4n) is 4.29. The van der Waals surface area contributed by atoms with Gasteiger partial charge in [0.15, 0.2) is 0 Å². The average Bonchev–Trinajstić information content (AvgIpc) is 2.87. The zero-order valence-electron chi connectivity index (χ0n) is 23.7. The van der Waals surface area contributed by atoms with Crippen LogP contribution in [0.1, 0.15) is 37.5 Å². The van der Waals surface area contributed by atoms with Crippen LogP contribution < -0.4 is 9.62 Å². The number of halogens is 4. The predicted octanol–water partition coefficient (Wildman–Crippen LogP) is 5.68. The van der Waals surface area contributed by atoms with E-state index < -0.39 is 51.7 Å². The number of nitrogens with zero attached hydrogens (tertiary/aromatic N) is 2. The molecule has 0 radical (unpaired) electrons. The first-order chi connectivity index (χ1) is 19.4. The highest BCUT2D eigenvalue weighted by atomic mass is 35.5. The normalized spacial score (nSPS) is 12.9. The van der Waals surface area contributed by atoms with E-state index in [1.807, 2.05) is 6.07 Å². The van der Waals surface area contributed by atoms with E-state index in [2.05, 4.69) is 5.32 Å². The first-order valence-electron chi connectivity index (χ1n) is 13.0. The fraction of sp³-hybridized carbons (Fsp3) is 0.333. The topological polar surface area (TPSA) is 86.8 Å². The van der Waals surface area contributed by atoms with Gasteiger partial charge in [-0.25, -0.2) is 8.42 Å². The number of hydrogen-bond donors (Lipinski definition) is 1. The third-order valence-corrected chi connectivity index (χ3v) is 7.53. The Labute approximate surface area is 249 Å². The summed E-state index contributed by atoms with van der Waals surface area (Å²) in [7, 11) is -4.23. The van der Waals surface area contributed by atoms with Crippen molar-refractivity contribution in [2.24, 2.45) is 0 Å². The predicted molar refractivity (Wildman–Crippen MR) is 157 cm³/mol. The van der Waals surface area contributed by atoms with Crippen LogP contribution in [0, 0.1) is 0 Å². The summed E-state index contributed by atoms with van der Waals surface area (Å²) in [6.45, 7) is 4.40. The van der Waals surface area contributed by atoms with Crippen molar-refractivity contribution >= 4 is 39.1 Å². The second kappa shape index (κ2) is 13.2. The van der Waals surface area contributed by atoms with Gasteiger partial charge in [-0.2, -0.15) is 13.2 Å². The number of anilines is 1. The smallest absolute Gasteiger partial charge is 0.350 e. The molecule has 1 N–H and O–H groups in total. The highest BCUT2D eigenvalue weighted by Crippen LogP contribution is 2.32. The number of nitrogens with one attached hydrogen (secondary N) is 1. The highest BCUT2D eigenvalue weighted by molar-refractivity contribution is 7.92. The van der Waals surface area contributed by atoms with Crippen molar-refractivity contribution in [3.8, 4) is 0 Å². The SMILES string of the molecule is CC(C)(C)NC(=O)[C@H](Cc1ccccc1)N(Cc1cccc(Cl)c1)C(=O)CN(c1cccc(C(F)(F)F)c1)S(C)(=O)=O. The average molecular weight is 624 g/mol. The molecule has 0 unspecified atom stereocenters. The molecule has 0 aliphatic rings. The molecule has 0 saturated carbocycles. The number of carbonyl (C=O) groups excluding carboxylic acids is 2. The molecular weight excluding hydrogens is 591 g/mol. The third-order valence-electron chi connectivity index (χ3n) is 6.15. The number of sulfonamides is 1. The van der Waals surface area contributed by atoms with Crippen molar-refractivity contribution < 1.29 is 31.2 Å². The molecule has 0 spiro atoms. The molecular formula is C30H33ClF3N3O4S. The second-order valence-corrected chi connectivity index (χ2v) is 13.3. The van der Waals surface area contributed by atoms with E-state index in [1.165, 1.54) is 11.0 Å². The van der Waals surface area contributed by atoms with Crippen LogP contribution in [0.25, 0.3) is 0 Å². The Morgan fingerprint density at radius 2 is 1.52 bits per heavy atom. The molecule has 3 rings (SSSR count). The summed E-state index contributed by atoms with van der Waals surface area (Å²) in [5.41, 5.74) is -0.741. The number of benzene rings is 3. The maximum Gasteiger partial charge on any atom is 0.416 e. The van der Waals surface area contributed by atoms with Crippen molar-refractivity contribution in [3.05, 3.63) is 101 Å². The molecule has 1 atom stereocenters. The van der Waals surface area contributed by atoms with E-state index in [1.54, 1.807) is 69.3 Å². The van der Waals surface area contributed by atoms with Crippen LogP contribution in [0.5, 0.6) is 0 Å². The van der Waals surface area contributed by atoms with Gasteiger partial charge in [-0.3, -0.25) is 13.9 Å². The Kier molecular flexibility index (Phi) is 10.3. The molecule has 0 heterocycles. The Bertz CT molecular complexity index is 1510. The van der Waals surface area contributed by atoms with E-state index in [0.29, 0.717) is 21.0 Å². The number of alkyl halides is 3. The van der Waals surface area contributed by atoms with Crippen LogP contribution >= 0.6 is 11.6 Å². The summed E-state index contributed by atoms with van der Waals surface area (Å²) >= 11 is 6.18. The molecule has 0 aliphatic heterocycles. The molecule has 12 heteroatoms. The monoisotopic (exact) mass is 623 g/mol. The van der Waals surface area contributed by atoms with Gasteiger partial charge >= 0.3 is 6.18 Å². The van der Waals surface area contributed by atoms with E-state index in [0.717, 1.165) is 24.0 Å². The minimum Gasteiger partial charge on any atom is -0.350 e. The lowest BCUT2D eigenvalue weighted by atomic mass is 10.0. The quantitative estimate of drug-likeness (QED) is 0.315. The number of rotatable bonds is 10. The molecule has 42 heavy (non-hydrogen) atoms. The van der Waals surface area contributed by atoms with Gasteiger partial charge in [0.2, 0.25) is 21.8 Å².